The molecule has 0 amide bonds. The number of aromatic nitrogens is 2. The van der Waals surface area contributed by atoms with Gasteiger partial charge in [0.15, 0.2) is 0 Å². The molecule has 0 spiro atoms. The zero-order valence-electron chi connectivity index (χ0n) is 13.3. The fraction of sp³-hybridized carbons (Fsp3) is 0.211. The molecule has 0 radical (unpaired) electrons. The number of nitrogens with zero attached hydrogens (tertiary/aromatic N) is 2. The topological polar surface area (TPSA) is 39.1 Å². The Bertz CT molecular complexity index is 850. The summed E-state index contributed by atoms with van der Waals surface area (Å²) in [6, 6.07) is 16.5. The molecule has 2 aromatic carbocycles. The van der Waals surface area contributed by atoms with Crippen molar-refractivity contribution >= 4 is 5.82 Å². The van der Waals surface area contributed by atoms with Crippen molar-refractivity contribution in [2.75, 3.05) is 19.0 Å². The molecular formula is C19H19N3O. The first-order valence-electron chi connectivity index (χ1n) is 7.84. The Morgan fingerprint density at radius 1 is 1.09 bits per heavy atom. The summed E-state index contributed by atoms with van der Waals surface area (Å²) in [5.74, 6) is 1.90. The van der Waals surface area contributed by atoms with Gasteiger partial charge in [-0.25, -0.2) is 4.68 Å². The van der Waals surface area contributed by atoms with E-state index in [4.69, 9.17) is 9.84 Å². The average Bonchev–Trinajstić information content (AvgIpc) is 3.18. The van der Waals surface area contributed by atoms with Crippen molar-refractivity contribution in [1.82, 2.24) is 9.78 Å². The number of ether oxygens (including phenoxy) is 1. The minimum atomic E-state index is 0.821. The number of fused-ring (bicyclic) bond motifs is 1. The highest BCUT2D eigenvalue weighted by Gasteiger charge is 2.24. The number of methoxy groups -OCH3 is 1. The molecule has 4 heteroatoms. The monoisotopic (exact) mass is 305 g/mol. The maximum atomic E-state index is 5.50. The number of hydrogen-bond acceptors (Lipinski definition) is 3. The number of hydrogen-bond donors (Lipinski definition) is 1. The first-order chi connectivity index (χ1) is 11.3. The molecule has 0 saturated carbocycles. The van der Waals surface area contributed by atoms with Gasteiger partial charge in [0, 0.05) is 17.7 Å². The maximum Gasteiger partial charge on any atom is 0.144 e. The quantitative estimate of drug-likeness (QED) is 0.799. The van der Waals surface area contributed by atoms with E-state index < -0.39 is 0 Å². The van der Waals surface area contributed by atoms with E-state index in [-0.39, 0.29) is 0 Å². The first-order valence-corrected chi connectivity index (χ1v) is 7.84. The molecule has 0 unspecified atom stereocenters. The summed E-state index contributed by atoms with van der Waals surface area (Å²) in [6.45, 7) is 3.05. The van der Waals surface area contributed by atoms with Gasteiger partial charge in [-0.05, 0) is 25.5 Å². The van der Waals surface area contributed by atoms with Gasteiger partial charge in [-0.15, -0.1) is 0 Å². The van der Waals surface area contributed by atoms with Crippen LogP contribution in [0.1, 0.15) is 11.1 Å². The Balaban J connectivity index is 1.90. The molecule has 0 aliphatic carbocycles. The van der Waals surface area contributed by atoms with Crippen LogP contribution >= 0.6 is 0 Å². The van der Waals surface area contributed by atoms with Crippen LogP contribution in [-0.2, 0) is 6.42 Å². The lowest BCUT2D eigenvalue weighted by molar-refractivity contribution is 0.412. The number of anilines is 1. The molecule has 23 heavy (non-hydrogen) atoms. The Kier molecular flexibility index (Phi) is 3.30. The predicted octanol–water partition coefficient (Wildman–Crippen LogP) is 3.82. The van der Waals surface area contributed by atoms with Crippen LogP contribution < -0.4 is 10.1 Å². The van der Waals surface area contributed by atoms with Gasteiger partial charge < -0.3 is 10.1 Å². The van der Waals surface area contributed by atoms with Gasteiger partial charge in [0.25, 0.3) is 0 Å². The van der Waals surface area contributed by atoms with E-state index in [1.54, 1.807) is 7.11 Å². The van der Waals surface area contributed by atoms with Crippen molar-refractivity contribution < 1.29 is 4.74 Å². The number of para-hydroxylation sites is 2. The van der Waals surface area contributed by atoms with Crippen LogP contribution in [0.4, 0.5) is 5.82 Å². The minimum absolute atomic E-state index is 0.821. The SMILES string of the molecule is COc1ccccc1-n1nc(-c2ccc(C)cc2)c2c1NCC2. The zero-order valence-corrected chi connectivity index (χ0v) is 13.3. The third kappa shape index (κ3) is 2.27. The number of benzene rings is 2. The van der Waals surface area contributed by atoms with Crippen molar-refractivity contribution in [2.24, 2.45) is 0 Å². The van der Waals surface area contributed by atoms with E-state index in [2.05, 4.69) is 36.5 Å². The zero-order chi connectivity index (χ0) is 15.8. The second kappa shape index (κ2) is 5.47. The maximum absolute atomic E-state index is 5.50. The Morgan fingerprint density at radius 3 is 2.65 bits per heavy atom. The Morgan fingerprint density at radius 2 is 1.87 bits per heavy atom. The summed E-state index contributed by atoms with van der Waals surface area (Å²) in [5.41, 5.74) is 5.70. The molecule has 0 bridgehead atoms. The van der Waals surface area contributed by atoms with Gasteiger partial charge >= 0.3 is 0 Å². The van der Waals surface area contributed by atoms with E-state index in [9.17, 15) is 0 Å². The van der Waals surface area contributed by atoms with Crippen LogP contribution in [0.15, 0.2) is 48.5 Å². The third-order valence-electron chi connectivity index (χ3n) is 4.29. The Hall–Kier alpha value is -2.75. The second-order valence-electron chi connectivity index (χ2n) is 5.80. The molecular weight excluding hydrogens is 286 g/mol. The molecule has 2 heterocycles. The van der Waals surface area contributed by atoms with E-state index >= 15 is 0 Å². The number of nitrogens with one attached hydrogen (secondary N) is 1. The van der Waals surface area contributed by atoms with Crippen LogP contribution in [0.25, 0.3) is 16.9 Å². The molecule has 1 aliphatic rings. The molecule has 1 aliphatic heterocycles. The fourth-order valence-corrected chi connectivity index (χ4v) is 3.10. The van der Waals surface area contributed by atoms with E-state index in [0.717, 1.165) is 41.5 Å². The van der Waals surface area contributed by atoms with Crippen molar-refractivity contribution in [3.63, 3.8) is 0 Å². The Labute approximate surface area is 135 Å². The van der Waals surface area contributed by atoms with Crippen molar-refractivity contribution in [2.45, 2.75) is 13.3 Å². The third-order valence-corrected chi connectivity index (χ3v) is 4.29. The summed E-state index contributed by atoms with van der Waals surface area (Å²) in [7, 11) is 1.69. The van der Waals surface area contributed by atoms with Crippen LogP contribution in [0, 0.1) is 6.92 Å². The smallest absolute Gasteiger partial charge is 0.144 e. The average molecular weight is 305 g/mol. The van der Waals surface area contributed by atoms with E-state index in [1.165, 1.54) is 11.1 Å². The van der Waals surface area contributed by atoms with Gasteiger partial charge in [0.2, 0.25) is 0 Å². The van der Waals surface area contributed by atoms with Gasteiger partial charge in [0.1, 0.15) is 17.3 Å². The standard InChI is InChI=1S/C19H19N3O/c1-13-7-9-14(10-8-13)18-15-11-12-20-19(15)22(21-18)16-5-3-4-6-17(16)23-2/h3-10,20H,11-12H2,1-2H3. The lowest BCUT2D eigenvalue weighted by Gasteiger charge is -2.10. The fourth-order valence-electron chi connectivity index (χ4n) is 3.10. The molecule has 1 N–H and O–H groups in total. The molecule has 0 fully saturated rings. The summed E-state index contributed by atoms with van der Waals surface area (Å²) in [5, 5.41) is 8.35. The summed E-state index contributed by atoms with van der Waals surface area (Å²) < 4.78 is 7.47. The largest absolute Gasteiger partial charge is 0.494 e. The van der Waals surface area contributed by atoms with Crippen LogP contribution in [-0.4, -0.2) is 23.4 Å². The molecule has 3 aromatic rings. The molecule has 1 aromatic heterocycles. The van der Waals surface area contributed by atoms with E-state index in [0.29, 0.717) is 0 Å². The normalized spacial score (nSPS) is 12.8. The van der Waals surface area contributed by atoms with Crippen molar-refractivity contribution in [1.29, 1.82) is 0 Å². The van der Waals surface area contributed by atoms with Gasteiger partial charge in [-0.2, -0.15) is 5.10 Å². The van der Waals surface area contributed by atoms with Crippen LogP contribution in [0.5, 0.6) is 5.75 Å². The second-order valence-corrected chi connectivity index (χ2v) is 5.80. The van der Waals surface area contributed by atoms with Crippen LogP contribution in [0.3, 0.4) is 0 Å². The highest BCUT2D eigenvalue weighted by Crippen LogP contribution is 2.36. The van der Waals surface area contributed by atoms with Crippen LogP contribution in [0.2, 0.25) is 0 Å². The summed E-state index contributed by atoms with van der Waals surface area (Å²) in [6.07, 6.45) is 0.994. The predicted molar refractivity (Wildman–Crippen MR) is 92.5 cm³/mol. The van der Waals surface area contributed by atoms with E-state index in [1.807, 2.05) is 28.9 Å². The highest BCUT2D eigenvalue weighted by molar-refractivity contribution is 5.73. The minimum Gasteiger partial charge on any atom is -0.494 e. The molecule has 4 nitrogen and oxygen atoms in total. The summed E-state index contributed by atoms with van der Waals surface area (Å²) in [4.78, 5) is 0. The lowest BCUT2D eigenvalue weighted by Crippen LogP contribution is -2.05. The van der Waals surface area contributed by atoms with Crippen molar-refractivity contribution in [3.05, 3.63) is 59.7 Å². The molecule has 116 valence electrons. The van der Waals surface area contributed by atoms with Gasteiger partial charge in [-0.3, -0.25) is 0 Å². The molecule has 4 rings (SSSR count). The van der Waals surface area contributed by atoms with Gasteiger partial charge in [-0.1, -0.05) is 42.0 Å². The van der Waals surface area contributed by atoms with Gasteiger partial charge in [0.05, 0.1) is 12.8 Å². The molecule has 0 atom stereocenters. The summed E-state index contributed by atoms with van der Waals surface area (Å²) >= 11 is 0. The van der Waals surface area contributed by atoms with Crippen molar-refractivity contribution in [3.8, 4) is 22.7 Å². The lowest BCUT2D eigenvalue weighted by atomic mass is 10.1. The molecule has 0 saturated heterocycles. The highest BCUT2D eigenvalue weighted by atomic mass is 16.5. The first kappa shape index (κ1) is 13.9. The number of aryl methyl sites for hydroxylation is 1. The number of rotatable bonds is 3.